The molecular formula is C13H16F2N4. The maximum Gasteiger partial charge on any atom is 0.265 e. The molecule has 0 radical (unpaired) electrons. The van der Waals surface area contributed by atoms with Gasteiger partial charge in [-0.15, -0.1) is 0 Å². The van der Waals surface area contributed by atoms with Crippen molar-refractivity contribution in [1.82, 2.24) is 9.78 Å². The summed E-state index contributed by atoms with van der Waals surface area (Å²) in [5.74, 6) is 0. The fourth-order valence-corrected chi connectivity index (χ4v) is 1.84. The van der Waals surface area contributed by atoms with Crippen LogP contribution in [0.15, 0.2) is 30.5 Å². The molecule has 3 N–H and O–H groups in total. The number of halogens is 2. The number of aromatic nitrogens is 2. The van der Waals surface area contributed by atoms with Gasteiger partial charge in [-0.25, -0.2) is 8.78 Å². The topological polar surface area (TPSA) is 55.9 Å². The lowest BCUT2D eigenvalue weighted by Crippen LogP contribution is -2.08. The van der Waals surface area contributed by atoms with Crippen molar-refractivity contribution in [1.29, 1.82) is 0 Å². The molecule has 19 heavy (non-hydrogen) atoms. The summed E-state index contributed by atoms with van der Waals surface area (Å²) in [6.07, 6.45) is -0.0160. The lowest BCUT2D eigenvalue weighted by molar-refractivity contribution is 0.152. The molecule has 0 saturated carbocycles. The maximum absolute atomic E-state index is 12.8. The molecule has 0 aliphatic heterocycles. The first kappa shape index (κ1) is 13.3. The average molecular weight is 266 g/mol. The highest BCUT2D eigenvalue weighted by Gasteiger charge is 2.13. The van der Waals surface area contributed by atoms with Crippen LogP contribution in [0.2, 0.25) is 0 Å². The largest absolute Gasteiger partial charge is 0.399 e. The van der Waals surface area contributed by atoms with Gasteiger partial charge in [0.25, 0.3) is 6.43 Å². The van der Waals surface area contributed by atoms with Gasteiger partial charge in [-0.3, -0.25) is 4.68 Å². The van der Waals surface area contributed by atoms with Gasteiger partial charge in [0.2, 0.25) is 0 Å². The first-order chi connectivity index (χ1) is 9.06. The number of nitrogen functional groups attached to an aromatic ring is 1. The third-order valence-corrected chi connectivity index (χ3v) is 2.78. The van der Waals surface area contributed by atoms with E-state index in [1.165, 1.54) is 6.07 Å². The Hall–Kier alpha value is -2.11. The van der Waals surface area contributed by atoms with Crippen LogP contribution >= 0.6 is 0 Å². The Labute approximate surface area is 110 Å². The molecule has 0 aliphatic carbocycles. The SMILES string of the molecule is Cn1ccc(CCNc2ccc(N)cc2C(F)F)n1. The second-order valence-corrected chi connectivity index (χ2v) is 4.30. The lowest BCUT2D eigenvalue weighted by atomic mass is 10.1. The van der Waals surface area contributed by atoms with Crippen molar-refractivity contribution >= 4 is 11.4 Å². The van der Waals surface area contributed by atoms with E-state index in [0.717, 1.165) is 5.69 Å². The van der Waals surface area contributed by atoms with Crippen molar-refractivity contribution in [3.8, 4) is 0 Å². The molecule has 0 saturated heterocycles. The fourth-order valence-electron chi connectivity index (χ4n) is 1.84. The number of hydrogen-bond donors (Lipinski definition) is 2. The van der Waals surface area contributed by atoms with Gasteiger partial charge < -0.3 is 11.1 Å². The molecule has 1 heterocycles. The molecule has 2 rings (SSSR count). The Morgan fingerprint density at radius 3 is 2.79 bits per heavy atom. The Morgan fingerprint density at radius 2 is 2.16 bits per heavy atom. The van der Waals surface area contributed by atoms with E-state index in [9.17, 15) is 8.78 Å². The number of alkyl halides is 2. The van der Waals surface area contributed by atoms with Gasteiger partial charge >= 0.3 is 0 Å². The minimum Gasteiger partial charge on any atom is -0.399 e. The van der Waals surface area contributed by atoms with E-state index in [1.807, 2.05) is 19.3 Å². The van der Waals surface area contributed by atoms with E-state index in [-0.39, 0.29) is 5.56 Å². The number of rotatable bonds is 5. The van der Waals surface area contributed by atoms with E-state index >= 15 is 0 Å². The monoisotopic (exact) mass is 266 g/mol. The summed E-state index contributed by atoms with van der Waals surface area (Å²) >= 11 is 0. The highest BCUT2D eigenvalue weighted by molar-refractivity contribution is 5.58. The molecule has 1 aromatic carbocycles. The smallest absolute Gasteiger partial charge is 0.265 e. The van der Waals surface area contributed by atoms with Crippen LogP contribution in [-0.2, 0) is 13.5 Å². The Morgan fingerprint density at radius 1 is 1.37 bits per heavy atom. The zero-order chi connectivity index (χ0) is 13.8. The van der Waals surface area contributed by atoms with E-state index in [0.29, 0.717) is 24.3 Å². The number of nitrogens with one attached hydrogen (secondary N) is 1. The van der Waals surface area contributed by atoms with Crippen LogP contribution in [0, 0.1) is 0 Å². The Balaban J connectivity index is 1.99. The summed E-state index contributed by atoms with van der Waals surface area (Å²) in [5, 5.41) is 7.22. The van der Waals surface area contributed by atoms with Crippen molar-refractivity contribution in [2.24, 2.45) is 7.05 Å². The van der Waals surface area contributed by atoms with Crippen molar-refractivity contribution in [2.75, 3.05) is 17.6 Å². The second-order valence-electron chi connectivity index (χ2n) is 4.30. The van der Waals surface area contributed by atoms with Gasteiger partial charge in [0.1, 0.15) is 0 Å². The molecule has 1 aromatic heterocycles. The summed E-state index contributed by atoms with van der Waals surface area (Å²) in [4.78, 5) is 0. The second kappa shape index (κ2) is 5.69. The van der Waals surface area contributed by atoms with Crippen molar-refractivity contribution in [3.05, 3.63) is 41.7 Å². The first-order valence-electron chi connectivity index (χ1n) is 5.96. The van der Waals surface area contributed by atoms with Gasteiger partial charge in [0.05, 0.1) is 5.69 Å². The predicted octanol–water partition coefficient (Wildman–Crippen LogP) is 2.59. The Kier molecular flexibility index (Phi) is 3.99. The van der Waals surface area contributed by atoms with Crippen LogP contribution < -0.4 is 11.1 Å². The number of hydrogen-bond acceptors (Lipinski definition) is 3. The van der Waals surface area contributed by atoms with E-state index in [4.69, 9.17) is 5.73 Å². The third kappa shape index (κ3) is 3.43. The number of nitrogens with two attached hydrogens (primary N) is 1. The summed E-state index contributed by atoms with van der Waals surface area (Å²) in [5.41, 5.74) is 7.12. The molecule has 4 nitrogen and oxygen atoms in total. The van der Waals surface area contributed by atoms with Crippen LogP contribution in [0.1, 0.15) is 17.7 Å². The summed E-state index contributed by atoms with van der Waals surface area (Å²) in [6, 6.07) is 6.39. The van der Waals surface area contributed by atoms with E-state index in [2.05, 4.69) is 10.4 Å². The lowest BCUT2D eigenvalue weighted by Gasteiger charge is -2.11. The average Bonchev–Trinajstić information content (AvgIpc) is 2.77. The molecule has 102 valence electrons. The molecule has 0 spiro atoms. The summed E-state index contributed by atoms with van der Waals surface area (Å²) in [7, 11) is 1.84. The fraction of sp³-hybridized carbons (Fsp3) is 0.308. The Bertz CT molecular complexity index is 551. The van der Waals surface area contributed by atoms with Crippen LogP contribution in [0.4, 0.5) is 20.2 Å². The third-order valence-electron chi connectivity index (χ3n) is 2.78. The molecule has 0 unspecified atom stereocenters. The summed E-state index contributed by atoms with van der Waals surface area (Å²) < 4.78 is 27.4. The minimum atomic E-state index is -2.54. The molecular weight excluding hydrogens is 250 g/mol. The van der Waals surface area contributed by atoms with Gasteiger partial charge in [0, 0.05) is 43.1 Å². The first-order valence-corrected chi connectivity index (χ1v) is 5.96. The van der Waals surface area contributed by atoms with E-state index < -0.39 is 6.43 Å². The quantitative estimate of drug-likeness (QED) is 0.818. The molecule has 0 aliphatic rings. The van der Waals surface area contributed by atoms with Gasteiger partial charge in [-0.05, 0) is 24.3 Å². The molecule has 0 atom stereocenters. The van der Waals surface area contributed by atoms with Crippen LogP contribution in [0.5, 0.6) is 0 Å². The molecule has 0 fully saturated rings. The number of nitrogens with zero attached hydrogens (tertiary/aromatic N) is 2. The van der Waals surface area contributed by atoms with Gasteiger partial charge in [-0.2, -0.15) is 5.10 Å². The van der Waals surface area contributed by atoms with Crippen LogP contribution in [0.3, 0.4) is 0 Å². The van der Waals surface area contributed by atoms with Gasteiger partial charge in [0.15, 0.2) is 0 Å². The van der Waals surface area contributed by atoms with Crippen molar-refractivity contribution in [3.63, 3.8) is 0 Å². The van der Waals surface area contributed by atoms with Crippen LogP contribution in [0.25, 0.3) is 0 Å². The van der Waals surface area contributed by atoms with Crippen molar-refractivity contribution < 1.29 is 8.78 Å². The van der Waals surface area contributed by atoms with E-state index in [1.54, 1.807) is 16.8 Å². The van der Waals surface area contributed by atoms with Gasteiger partial charge in [-0.1, -0.05) is 0 Å². The minimum absolute atomic E-state index is 0.0685. The maximum atomic E-state index is 12.8. The van der Waals surface area contributed by atoms with Crippen LogP contribution in [-0.4, -0.2) is 16.3 Å². The number of aryl methyl sites for hydroxylation is 1. The normalized spacial score (nSPS) is 10.9. The number of anilines is 2. The highest BCUT2D eigenvalue weighted by Crippen LogP contribution is 2.28. The standard InChI is InChI=1S/C13H16F2N4/c1-19-7-5-10(18-19)4-6-17-12-3-2-9(16)8-11(12)13(14)15/h2-3,5,7-8,13,17H,4,6,16H2,1H3. The number of benzene rings is 1. The zero-order valence-electron chi connectivity index (χ0n) is 10.6. The molecule has 0 bridgehead atoms. The molecule has 0 amide bonds. The highest BCUT2D eigenvalue weighted by atomic mass is 19.3. The predicted molar refractivity (Wildman–Crippen MR) is 71.2 cm³/mol. The molecule has 6 heteroatoms. The van der Waals surface area contributed by atoms with Crippen molar-refractivity contribution in [2.45, 2.75) is 12.8 Å². The molecule has 2 aromatic rings. The summed E-state index contributed by atoms with van der Waals surface area (Å²) in [6.45, 7) is 0.542. The zero-order valence-corrected chi connectivity index (χ0v) is 10.6.